The Kier molecular flexibility index (Phi) is 10.4. The third-order valence-electron chi connectivity index (χ3n) is 6.14. The normalized spacial score (nSPS) is 17.2. The van der Waals surface area contributed by atoms with Gasteiger partial charge in [-0.2, -0.15) is 31.4 Å². The molecular weight excluding hydrogens is 540 g/mol. The molecule has 2 fully saturated rings. The molecule has 0 aromatic carbocycles. The molecule has 4 heterocycles. The molecule has 0 aliphatic carbocycles. The van der Waals surface area contributed by atoms with Crippen LogP contribution in [0.25, 0.3) is 0 Å². The molecule has 0 saturated carbocycles. The summed E-state index contributed by atoms with van der Waals surface area (Å²) >= 11 is 0. The number of likely N-dealkylation sites (tertiary alicyclic amines) is 2. The highest BCUT2D eigenvalue weighted by Crippen LogP contribution is 2.42. The lowest BCUT2D eigenvalue weighted by molar-refractivity contribution is -0.193. The fraction of sp³-hybridized carbons (Fsp3) is 0.522. The van der Waals surface area contributed by atoms with Crippen molar-refractivity contribution in [3.63, 3.8) is 0 Å². The number of amides is 1. The summed E-state index contributed by atoms with van der Waals surface area (Å²) in [5.41, 5.74) is 2.08. The van der Waals surface area contributed by atoms with E-state index >= 15 is 0 Å². The summed E-state index contributed by atoms with van der Waals surface area (Å²) < 4.78 is 65.3. The average Bonchev–Trinajstić information content (AvgIpc) is 3.39. The van der Waals surface area contributed by atoms with Gasteiger partial charge in [-0.3, -0.25) is 19.4 Å². The van der Waals surface area contributed by atoms with Crippen molar-refractivity contribution in [2.75, 3.05) is 19.6 Å². The minimum absolute atomic E-state index is 0.139. The number of carboxylic acid groups (broad SMARTS) is 2. The second-order valence-electron chi connectivity index (χ2n) is 8.98. The van der Waals surface area contributed by atoms with E-state index in [2.05, 4.69) is 21.2 Å². The molecule has 2 aromatic rings. The zero-order chi connectivity index (χ0) is 29.4. The molecule has 0 radical (unpaired) electrons. The number of aryl methyl sites for hydroxylation is 1. The zero-order valence-corrected chi connectivity index (χ0v) is 20.7. The molecule has 2 saturated heterocycles. The smallest absolute Gasteiger partial charge is 0.475 e. The van der Waals surface area contributed by atoms with Gasteiger partial charge in [-0.05, 0) is 44.5 Å². The SMILES string of the molecule is Cn1cc(CN2CCC3(CC2)CCN(Cc2ccccn2)C3=O)cn1.O=C(O)C(F)(F)F.O=C(O)C(F)(F)F. The Morgan fingerprint density at radius 1 is 0.949 bits per heavy atom. The summed E-state index contributed by atoms with van der Waals surface area (Å²) in [6.07, 6.45) is -1.46. The van der Waals surface area contributed by atoms with Crippen LogP contribution in [0.3, 0.4) is 0 Å². The number of halogens is 6. The summed E-state index contributed by atoms with van der Waals surface area (Å²) in [6.45, 7) is 4.39. The fourth-order valence-electron chi connectivity index (χ4n) is 4.15. The van der Waals surface area contributed by atoms with E-state index in [1.807, 2.05) is 41.0 Å². The number of hydrogen-bond acceptors (Lipinski definition) is 6. The van der Waals surface area contributed by atoms with Gasteiger partial charge in [-0.25, -0.2) is 9.59 Å². The monoisotopic (exact) mass is 567 g/mol. The highest BCUT2D eigenvalue weighted by molar-refractivity contribution is 5.85. The van der Waals surface area contributed by atoms with Crippen LogP contribution < -0.4 is 0 Å². The summed E-state index contributed by atoms with van der Waals surface area (Å²) in [7, 11) is 1.95. The number of nitrogens with zero attached hydrogens (tertiary/aromatic N) is 5. The molecule has 2 aromatic heterocycles. The van der Waals surface area contributed by atoms with Crippen LogP contribution in [0.1, 0.15) is 30.5 Å². The van der Waals surface area contributed by atoms with Crippen molar-refractivity contribution in [2.24, 2.45) is 12.5 Å². The average molecular weight is 567 g/mol. The number of piperidine rings is 1. The lowest BCUT2D eigenvalue weighted by atomic mass is 9.77. The van der Waals surface area contributed by atoms with Gasteiger partial charge in [0.05, 0.1) is 23.9 Å². The van der Waals surface area contributed by atoms with Gasteiger partial charge in [0, 0.05) is 38.1 Å². The Bertz CT molecular complexity index is 1090. The molecule has 2 aliphatic heterocycles. The first-order valence-corrected chi connectivity index (χ1v) is 11.5. The van der Waals surface area contributed by atoms with E-state index in [9.17, 15) is 31.1 Å². The molecule has 2 N–H and O–H groups in total. The number of aliphatic carboxylic acids is 2. The third-order valence-corrected chi connectivity index (χ3v) is 6.14. The van der Waals surface area contributed by atoms with Crippen LogP contribution in [0.4, 0.5) is 26.3 Å². The first kappa shape index (κ1) is 31.5. The quantitative estimate of drug-likeness (QED) is 0.540. The van der Waals surface area contributed by atoms with Gasteiger partial charge in [0.25, 0.3) is 0 Å². The predicted molar refractivity (Wildman–Crippen MR) is 122 cm³/mol. The van der Waals surface area contributed by atoms with Crippen LogP contribution in [0.15, 0.2) is 36.8 Å². The summed E-state index contributed by atoms with van der Waals surface area (Å²) in [5.74, 6) is -5.18. The van der Waals surface area contributed by atoms with E-state index in [1.165, 1.54) is 5.56 Å². The topological polar surface area (TPSA) is 129 Å². The van der Waals surface area contributed by atoms with Crippen LogP contribution >= 0.6 is 0 Å². The van der Waals surface area contributed by atoms with Crippen LogP contribution in [-0.2, 0) is 34.5 Å². The molecule has 1 spiro atoms. The zero-order valence-electron chi connectivity index (χ0n) is 20.7. The van der Waals surface area contributed by atoms with Crippen molar-refractivity contribution in [2.45, 2.75) is 44.7 Å². The lowest BCUT2D eigenvalue weighted by Gasteiger charge is -2.37. The summed E-state index contributed by atoms with van der Waals surface area (Å²) in [6, 6.07) is 5.89. The second-order valence-corrected chi connectivity index (χ2v) is 8.98. The van der Waals surface area contributed by atoms with Crippen molar-refractivity contribution in [1.82, 2.24) is 24.6 Å². The maximum Gasteiger partial charge on any atom is 0.490 e. The second kappa shape index (κ2) is 12.9. The number of pyridine rings is 1. The molecule has 0 bridgehead atoms. The van der Waals surface area contributed by atoms with E-state index < -0.39 is 24.3 Å². The van der Waals surface area contributed by atoms with E-state index in [0.29, 0.717) is 12.5 Å². The van der Waals surface area contributed by atoms with Crippen molar-refractivity contribution in [3.8, 4) is 0 Å². The van der Waals surface area contributed by atoms with Gasteiger partial charge >= 0.3 is 24.3 Å². The van der Waals surface area contributed by atoms with Gasteiger partial charge in [-0.1, -0.05) is 6.07 Å². The minimum Gasteiger partial charge on any atom is -0.475 e. The minimum atomic E-state index is -5.08. The van der Waals surface area contributed by atoms with Gasteiger partial charge in [0.15, 0.2) is 0 Å². The van der Waals surface area contributed by atoms with Crippen molar-refractivity contribution in [3.05, 3.63) is 48.0 Å². The molecule has 4 rings (SSSR count). The highest BCUT2D eigenvalue weighted by atomic mass is 19.4. The van der Waals surface area contributed by atoms with Crippen LogP contribution in [0, 0.1) is 5.41 Å². The molecule has 216 valence electrons. The number of rotatable bonds is 4. The number of alkyl halides is 6. The molecule has 0 unspecified atom stereocenters. The lowest BCUT2D eigenvalue weighted by Crippen LogP contribution is -2.44. The van der Waals surface area contributed by atoms with E-state index in [-0.39, 0.29) is 5.41 Å². The standard InChI is InChI=1S/C19H25N5O.2C2HF3O2/c1-22-13-16(12-21-22)14-23-9-5-19(6-10-23)7-11-24(18(19)25)15-17-4-2-3-8-20-17;2*3-2(4,5)1(6)7/h2-4,8,12-13H,5-7,9-11,14-15H2,1H3;2*(H,6,7). The molecule has 0 atom stereocenters. The fourth-order valence-corrected chi connectivity index (χ4v) is 4.15. The molecule has 16 heteroatoms. The molecule has 39 heavy (non-hydrogen) atoms. The Morgan fingerprint density at radius 3 is 1.92 bits per heavy atom. The van der Waals surface area contributed by atoms with E-state index in [4.69, 9.17) is 19.8 Å². The first-order valence-electron chi connectivity index (χ1n) is 11.5. The van der Waals surface area contributed by atoms with Gasteiger partial charge in [0.1, 0.15) is 0 Å². The number of carbonyl (C=O) groups excluding carboxylic acids is 1. The van der Waals surface area contributed by atoms with Crippen molar-refractivity contribution in [1.29, 1.82) is 0 Å². The van der Waals surface area contributed by atoms with Crippen molar-refractivity contribution >= 4 is 17.8 Å². The number of hydrogen-bond donors (Lipinski definition) is 2. The van der Waals surface area contributed by atoms with Crippen LogP contribution in [0.2, 0.25) is 0 Å². The van der Waals surface area contributed by atoms with Crippen LogP contribution in [0.5, 0.6) is 0 Å². The number of carbonyl (C=O) groups is 3. The summed E-state index contributed by atoms with van der Waals surface area (Å²) in [5, 5.41) is 18.5. The maximum absolute atomic E-state index is 13.0. The van der Waals surface area contributed by atoms with Crippen molar-refractivity contribution < 1.29 is 50.9 Å². The van der Waals surface area contributed by atoms with Crippen LogP contribution in [-0.4, -0.2) is 84.6 Å². The highest BCUT2D eigenvalue weighted by Gasteiger charge is 2.48. The maximum atomic E-state index is 13.0. The molecule has 2 aliphatic rings. The summed E-state index contributed by atoms with van der Waals surface area (Å²) in [4.78, 5) is 39.6. The Morgan fingerprint density at radius 2 is 1.49 bits per heavy atom. The number of aromatic nitrogens is 3. The van der Waals surface area contributed by atoms with Gasteiger partial charge in [-0.15, -0.1) is 0 Å². The Balaban J connectivity index is 0.000000317. The predicted octanol–water partition coefficient (Wildman–Crippen LogP) is 3.10. The molecular formula is C23H27F6N5O5. The van der Waals surface area contributed by atoms with E-state index in [1.54, 1.807) is 6.20 Å². The third kappa shape index (κ3) is 9.53. The Hall–Kier alpha value is -3.69. The number of carboxylic acids is 2. The van der Waals surface area contributed by atoms with Gasteiger partial charge in [0.2, 0.25) is 5.91 Å². The Labute approximate surface area is 218 Å². The first-order chi connectivity index (χ1) is 18.0. The van der Waals surface area contributed by atoms with E-state index in [0.717, 1.165) is 51.1 Å². The van der Waals surface area contributed by atoms with Gasteiger partial charge < -0.3 is 15.1 Å². The molecule has 1 amide bonds. The molecule has 10 nitrogen and oxygen atoms in total. The largest absolute Gasteiger partial charge is 0.490 e.